The Hall–Kier alpha value is -1.88. The Labute approximate surface area is 134 Å². The van der Waals surface area contributed by atoms with Gasteiger partial charge in [-0.05, 0) is 38.8 Å². The van der Waals surface area contributed by atoms with Crippen molar-refractivity contribution >= 4 is 17.2 Å². The molecule has 2 heterocycles. The van der Waals surface area contributed by atoms with E-state index < -0.39 is 0 Å². The lowest BCUT2D eigenvalue weighted by Gasteiger charge is -2.13. The second-order valence-electron chi connectivity index (χ2n) is 5.62. The summed E-state index contributed by atoms with van der Waals surface area (Å²) in [6.07, 6.45) is 2.21. The third kappa shape index (κ3) is 3.30. The number of carbonyl (C=O) groups excluding carboxylic acids is 1. The molecule has 5 heteroatoms. The second-order valence-corrected chi connectivity index (χ2v) is 6.71. The molecule has 1 fully saturated rings. The van der Waals surface area contributed by atoms with Crippen molar-refractivity contribution in [2.75, 3.05) is 13.1 Å². The third-order valence-electron chi connectivity index (χ3n) is 3.81. The van der Waals surface area contributed by atoms with Gasteiger partial charge in [-0.1, -0.05) is 17.7 Å². The molecule has 0 N–H and O–H groups in total. The van der Waals surface area contributed by atoms with Gasteiger partial charge < -0.3 is 9.64 Å². The van der Waals surface area contributed by atoms with Crippen LogP contribution in [0.3, 0.4) is 0 Å². The average Bonchev–Trinajstić information content (AvgIpc) is 3.16. The summed E-state index contributed by atoms with van der Waals surface area (Å²) < 4.78 is 5.74. The Morgan fingerprint density at radius 2 is 1.91 bits per heavy atom. The van der Waals surface area contributed by atoms with Gasteiger partial charge in [0, 0.05) is 13.1 Å². The van der Waals surface area contributed by atoms with Crippen molar-refractivity contribution in [1.82, 2.24) is 9.88 Å². The summed E-state index contributed by atoms with van der Waals surface area (Å²) in [5.74, 6) is 0.944. The molecule has 3 rings (SSSR count). The zero-order chi connectivity index (χ0) is 15.5. The first-order chi connectivity index (χ1) is 10.6. The van der Waals surface area contributed by atoms with Crippen LogP contribution in [0, 0.1) is 13.8 Å². The van der Waals surface area contributed by atoms with Crippen LogP contribution >= 0.6 is 11.3 Å². The number of carbonyl (C=O) groups is 1. The van der Waals surface area contributed by atoms with E-state index in [4.69, 9.17) is 4.74 Å². The summed E-state index contributed by atoms with van der Waals surface area (Å²) in [6.45, 7) is 6.08. The molecule has 1 amide bonds. The number of ether oxygens (including phenoxy) is 1. The predicted octanol–water partition coefficient (Wildman–Crippen LogP) is 3.57. The van der Waals surface area contributed by atoms with Crippen LogP contribution in [0.5, 0.6) is 5.75 Å². The Morgan fingerprint density at radius 1 is 1.23 bits per heavy atom. The molecule has 1 aliphatic rings. The average molecular weight is 316 g/mol. The number of aryl methyl sites for hydroxylation is 2. The van der Waals surface area contributed by atoms with Crippen LogP contribution in [-0.2, 0) is 6.61 Å². The third-order valence-corrected chi connectivity index (χ3v) is 4.93. The Kier molecular flexibility index (Phi) is 4.43. The summed E-state index contributed by atoms with van der Waals surface area (Å²) in [5.41, 5.74) is 2.01. The molecule has 0 unspecified atom stereocenters. The zero-order valence-electron chi connectivity index (χ0n) is 13.0. The minimum atomic E-state index is 0.120. The first-order valence-electron chi connectivity index (χ1n) is 7.58. The van der Waals surface area contributed by atoms with Crippen molar-refractivity contribution in [3.8, 4) is 5.75 Å². The lowest BCUT2D eigenvalue weighted by Crippen LogP contribution is -2.27. The van der Waals surface area contributed by atoms with Crippen LogP contribution in [0.2, 0.25) is 0 Å². The van der Waals surface area contributed by atoms with Crippen molar-refractivity contribution in [2.45, 2.75) is 33.3 Å². The van der Waals surface area contributed by atoms with Gasteiger partial charge in [-0.25, -0.2) is 4.98 Å². The van der Waals surface area contributed by atoms with Crippen LogP contribution in [0.25, 0.3) is 0 Å². The summed E-state index contributed by atoms with van der Waals surface area (Å²) in [4.78, 5) is 19.6. The van der Waals surface area contributed by atoms with E-state index in [0.29, 0.717) is 6.61 Å². The molecule has 2 aromatic rings. The number of amides is 1. The molecule has 0 atom stereocenters. The molecule has 0 saturated carbocycles. The van der Waals surface area contributed by atoms with E-state index in [1.807, 2.05) is 43.0 Å². The van der Waals surface area contributed by atoms with Crippen LogP contribution in [0.1, 0.15) is 38.8 Å². The fourth-order valence-corrected chi connectivity index (χ4v) is 3.50. The number of thiazole rings is 1. The number of hydrogen-bond donors (Lipinski definition) is 0. The maximum atomic E-state index is 12.4. The van der Waals surface area contributed by atoms with Gasteiger partial charge in [-0.3, -0.25) is 4.79 Å². The predicted molar refractivity (Wildman–Crippen MR) is 87.5 cm³/mol. The Bertz CT molecular complexity index is 658. The second kappa shape index (κ2) is 6.48. The SMILES string of the molecule is Cc1ccc(OCc2nc(C)c(C(=O)N3CCCC3)s2)cc1. The summed E-state index contributed by atoms with van der Waals surface area (Å²) in [5, 5.41) is 0.848. The number of likely N-dealkylation sites (tertiary alicyclic amines) is 1. The van der Waals surface area contributed by atoms with Gasteiger partial charge in [0.25, 0.3) is 5.91 Å². The monoisotopic (exact) mass is 316 g/mol. The smallest absolute Gasteiger partial charge is 0.265 e. The van der Waals surface area contributed by atoms with Gasteiger partial charge in [0.2, 0.25) is 0 Å². The standard InChI is InChI=1S/C17H20N2O2S/c1-12-5-7-14(8-6-12)21-11-15-18-13(2)16(22-15)17(20)19-9-3-4-10-19/h5-8H,3-4,9-11H2,1-2H3. The maximum absolute atomic E-state index is 12.4. The minimum Gasteiger partial charge on any atom is -0.486 e. The molecule has 22 heavy (non-hydrogen) atoms. The highest BCUT2D eigenvalue weighted by Crippen LogP contribution is 2.23. The molecule has 1 aromatic carbocycles. The van der Waals surface area contributed by atoms with Crippen molar-refractivity contribution in [1.29, 1.82) is 0 Å². The fraction of sp³-hybridized carbons (Fsp3) is 0.412. The number of nitrogens with zero attached hydrogens (tertiary/aromatic N) is 2. The highest BCUT2D eigenvalue weighted by molar-refractivity contribution is 7.13. The van der Waals surface area contributed by atoms with Crippen LogP contribution in [0.4, 0.5) is 0 Å². The van der Waals surface area contributed by atoms with E-state index >= 15 is 0 Å². The topological polar surface area (TPSA) is 42.4 Å². The molecular weight excluding hydrogens is 296 g/mol. The van der Waals surface area contributed by atoms with Crippen molar-refractivity contribution in [3.63, 3.8) is 0 Å². The molecule has 1 aliphatic heterocycles. The molecular formula is C17H20N2O2S. The fourth-order valence-electron chi connectivity index (χ4n) is 2.56. The highest BCUT2D eigenvalue weighted by Gasteiger charge is 2.23. The summed E-state index contributed by atoms with van der Waals surface area (Å²) >= 11 is 1.45. The normalized spacial score (nSPS) is 14.4. The molecule has 0 spiro atoms. The van der Waals surface area contributed by atoms with Crippen molar-refractivity contribution in [3.05, 3.63) is 45.4 Å². The largest absolute Gasteiger partial charge is 0.486 e. The van der Waals surface area contributed by atoms with Crippen molar-refractivity contribution in [2.24, 2.45) is 0 Å². The van der Waals surface area contributed by atoms with Gasteiger partial charge in [-0.2, -0.15) is 0 Å². The van der Waals surface area contributed by atoms with E-state index in [0.717, 1.165) is 47.3 Å². The van der Waals surface area contributed by atoms with Crippen LogP contribution < -0.4 is 4.74 Å². The van der Waals surface area contributed by atoms with Crippen molar-refractivity contribution < 1.29 is 9.53 Å². The Morgan fingerprint density at radius 3 is 2.59 bits per heavy atom. The minimum absolute atomic E-state index is 0.120. The van der Waals surface area contributed by atoms with E-state index in [2.05, 4.69) is 4.98 Å². The summed E-state index contributed by atoms with van der Waals surface area (Å²) in [7, 11) is 0. The number of hydrogen-bond acceptors (Lipinski definition) is 4. The lowest BCUT2D eigenvalue weighted by atomic mass is 10.2. The van der Waals surface area contributed by atoms with Gasteiger partial charge in [-0.15, -0.1) is 11.3 Å². The van der Waals surface area contributed by atoms with Gasteiger partial charge in [0.1, 0.15) is 22.2 Å². The van der Waals surface area contributed by atoms with Gasteiger partial charge in [0.15, 0.2) is 0 Å². The Balaban J connectivity index is 1.66. The number of aromatic nitrogens is 1. The number of benzene rings is 1. The van der Waals surface area contributed by atoms with E-state index in [1.54, 1.807) is 0 Å². The summed E-state index contributed by atoms with van der Waals surface area (Å²) in [6, 6.07) is 7.94. The molecule has 116 valence electrons. The lowest BCUT2D eigenvalue weighted by molar-refractivity contribution is 0.0796. The van der Waals surface area contributed by atoms with E-state index in [9.17, 15) is 4.79 Å². The molecule has 0 radical (unpaired) electrons. The highest BCUT2D eigenvalue weighted by atomic mass is 32.1. The molecule has 0 aliphatic carbocycles. The van der Waals surface area contributed by atoms with E-state index in [-0.39, 0.29) is 5.91 Å². The number of rotatable bonds is 4. The zero-order valence-corrected chi connectivity index (χ0v) is 13.8. The van der Waals surface area contributed by atoms with Crippen LogP contribution in [-0.4, -0.2) is 28.9 Å². The van der Waals surface area contributed by atoms with Crippen LogP contribution in [0.15, 0.2) is 24.3 Å². The molecule has 1 saturated heterocycles. The van der Waals surface area contributed by atoms with E-state index in [1.165, 1.54) is 16.9 Å². The van der Waals surface area contributed by atoms with Gasteiger partial charge in [0.05, 0.1) is 5.69 Å². The molecule has 0 bridgehead atoms. The first kappa shape index (κ1) is 15.0. The molecule has 4 nitrogen and oxygen atoms in total. The maximum Gasteiger partial charge on any atom is 0.265 e. The quantitative estimate of drug-likeness (QED) is 0.866. The molecule has 1 aromatic heterocycles. The van der Waals surface area contributed by atoms with Gasteiger partial charge >= 0.3 is 0 Å². The first-order valence-corrected chi connectivity index (χ1v) is 8.40.